The van der Waals surface area contributed by atoms with E-state index in [9.17, 15) is 4.79 Å². The van der Waals surface area contributed by atoms with Gasteiger partial charge < -0.3 is 0 Å². The van der Waals surface area contributed by atoms with E-state index in [1.807, 2.05) is 13.8 Å². The molecule has 2 rings (SSSR count). The van der Waals surface area contributed by atoms with E-state index < -0.39 is 0 Å². The molecule has 15 heavy (non-hydrogen) atoms. The van der Waals surface area contributed by atoms with Crippen molar-refractivity contribution in [2.75, 3.05) is 5.01 Å². The van der Waals surface area contributed by atoms with Crippen LogP contribution in [0.4, 0.5) is 5.82 Å². The third-order valence-corrected chi connectivity index (χ3v) is 2.46. The first-order valence-electron chi connectivity index (χ1n) is 4.89. The number of carbonyl (C=O) groups excluding carboxylic acids is 1. The molecule has 1 atom stereocenters. The summed E-state index contributed by atoms with van der Waals surface area (Å²) < 4.78 is 0. The molecule has 1 aromatic rings. The molecule has 0 aromatic carbocycles. The van der Waals surface area contributed by atoms with Gasteiger partial charge in [-0.25, -0.2) is 9.97 Å². The second-order valence-corrected chi connectivity index (χ2v) is 3.42. The topological polar surface area (TPSA) is 58.5 Å². The normalized spacial score (nSPS) is 20.7. The van der Waals surface area contributed by atoms with Crippen LogP contribution in [0.3, 0.4) is 0 Å². The van der Waals surface area contributed by atoms with Crippen LogP contribution >= 0.6 is 0 Å². The van der Waals surface area contributed by atoms with Crippen molar-refractivity contribution < 1.29 is 4.79 Å². The lowest BCUT2D eigenvalue weighted by atomic mass is 10.0. The van der Waals surface area contributed by atoms with Gasteiger partial charge >= 0.3 is 0 Å². The summed E-state index contributed by atoms with van der Waals surface area (Å²) in [6.45, 7) is 3.85. The average molecular weight is 204 g/mol. The standard InChI is InChI=1S/C10H12N4O/c1-3-8-7(2)13-14(10(8)15)9-4-5-11-6-12-9/h4-6,8H,3H2,1-2H3. The van der Waals surface area contributed by atoms with Crippen LogP contribution in [0.1, 0.15) is 20.3 Å². The number of anilines is 1. The van der Waals surface area contributed by atoms with Gasteiger partial charge in [0.05, 0.1) is 5.92 Å². The van der Waals surface area contributed by atoms with Gasteiger partial charge in [0.15, 0.2) is 5.82 Å². The minimum absolute atomic E-state index is 0.00583. The number of carbonyl (C=O) groups is 1. The molecule has 0 bridgehead atoms. The molecular formula is C10H12N4O. The molecule has 0 saturated heterocycles. The summed E-state index contributed by atoms with van der Waals surface area (Å²) in [5.74, 6) is 0.430. The molecular weight excluding hydrogens is 192 g/mol. The van der Waals surface area contributed by atoms with Gasteiger partial charge in [-0.2, -0.15) is 10.1 Å². The summed E-state index contributed by atoms with van der Waals surface area (Å²) in [5.41, 5.74) is 0.848. The molecule has 1 aromatic heterocycles. The Bertz CT molecular complexity index is 401. The van der Waals surface area contributed by atoms with Crippen LogP contribution < -0.4 is 5.01 Å². The Labute approximate surface area is 87.8 Å². The highest BCUT2D eigenvalue weighted by atomic mass is 16.2. The molecule has 0 saturated carbocycles. The maximum Gasteiger partial charge on any atom is 0.257 e. The second kappa shape index (κ2) is 3.76. The van der Waals surface area contributed by atoms with Crippen LogP contribution in [0.2, 0.25) is 0 Å². The quantitative estimate of drug-likeness (QED) is 0.727. The lowest BCUT2D eigenvalue weighted by Crippen LogP contribution is -2.27. The Morgan fingerprint density at radius 2 is 2.33 bits per heavy atom. The van der Waals surface area contributed by atoms with E-state index in [2.05, 4.69) is 15.1 Å². The summed E-state index contributed by atoms with van der Waals surface area (Å²) >= 11 is 0. The molecule has 0 aliphatic carbocycles. The number of hydrazone groups is 1. The van der Waals surface area contributed by atoms with E-state index in [4.69, 9.17) is 0 Å². The van der Waals surface area contributed by atoms with Crippen molar-refractivity contribution in [3.63, 3.8) is 0 Å². The fraction of sp³-hybridized carbons (Fsp3) is 0.400. The fourth-order valence-electron chi connectivity index (χ4n) is 1.65. The summed E-state index contributed by atoms with van der Waals surface area (Å²) in [7, 11) is 0. The van der Waals surface area contributed by atoms with Crippen molar-refractivity contribution in [2.24, 2.45) is 11.0 Å². The van der Waals surface area contributed by atoms with E-state index >= 15 is 0 Å². The van der Waals surface area contributed by atoms with Crippen LogP contribution in [0, 0.1) is 5.92 Å². The highest BCUT2D eigenvalue weighted by Gasteiger charge is 2.33. The summed E-state index contributed by atoms with van der Waals surface area (Å²) in [5, 5.41) is 5.55. The Morgan fingerprint density at radius 1 is 1.53 bits per heavy atom. The average Bonchev–Trinajstić information content (AvgIpc) is 2.55. The largest absolute Gasteiger partial charge is 0.272 e. The molecule has 1 aliphatic rings. The molecule has 0 fully saturated rings. The maximum atomic E-state index is 11.9. The lowest BCUT2D eigenvalue weighted by molar-refractivity contribution is -0.119. The number of rotatable bonds is 2. The van der Waals surface area contributed by atoms with Gasteiger partial charge in [-0.15, -0.1) is 0 Å². The first-order valence-corrected chi connectivity index (χ1v) is 4.89. The third kappa shape index (κ3) is 1.60. The molecule has 0 spiro atoms. The summed E-state index contributed by atoms with van der Waals surface area (Å²) in [6.07, 6.45) is 3.78. The highest BCUT2D eigenvalue weighted by molar-refractivity contribution is 6.14. The number of hydrogen-bond acceptors (Lipinski definition) is 4. The zero-order valence-corrected chi connectivity index (χ0v) is 8.71. The van der Waals surface area contributed by atoms with E-state index in [0.29, 0.717) is 5.82 Å². The maximum absolute atomic E-state index is 11.9. The van der Waals surface area contributed by atoms with E-state index in [1.165, 1.54) is 11.3 Å². The molecule has 0 N–H and O–H groups in total. The van der Waals surface area contributed by atoms with Crippen molar-refractivity contribution in [3.05, 3.63) is 18.6 Å². The molecule has 0 radical (unpaired) electrons. The van der Waals surface area contributed by atoms with Crippen molar-refractivity contribution in [1.29, 1.82) is 0 Å². The fourth-order valence-corrected chi connectivity index (χ4v) is 1.65. The Balaban J connectivity index is 2.31. The molecule has 1 unspecified atom stereocenters. The molecule has 5 nitrogen and oxygen atoms in total. The van der Waals surface area contributed by atoms with Crippen molar-refractivity contribution in [1.82, 2.24) is 9.97 Å². The van der Waals surface area contributed by atoms with Gasteiger partial charge in [0, 0.05) is 18.0 Å². The SMILES string of the molecule is CCC1C(=O)N(c2ccncn2)N=C1C. The zero-order valence-electron chi connectivity index (χ0n) is 8.71. The first-order chi connectivity index (χ1) is 7.24. The highest BCUT2D eigenvalue weighted by Crippen LogP contribution is 2.22. The minimum Gasteiger partial charge on any atom is -0.272 e. The summed E-state index contributed by atoms with van der Waals surface area (Å²) in [4.78, 5) is 19.7. The van der Waals surface area contributed by atoms with Gasteiger partial charge in [-0.3, -0.25) is 4.79 Å². The number of aromatic nitrogens is 2. The van der Waals surface area contributed by atoms with E-state index in [0.717, 1.165) is 12.1 Å². The van der Waals surface area contributed by atoms with Gasteiger partial charge in [0.25, 0.3) is 5.91 Å². The minimum atomic E-state index is -0.0973. The van der Waals surface area contributed by atoms with E-state index in [-0.39, 0.29) is 11.8 Å². The van der Waals surface area contributed by atoms with Crippen LogP contribution in [0.25, 0.3) is 0 Å². The molecule has 1 amide bonds. The summed E-state index contributed by atoms with van der Waals surface area (Å²) in [6, 6.07) is 1.67. The van der Waals surface area contributed by atoms with Crippen LogP contribution in [-0.4, -0.2) is 21.6 Å². The molecule has 78 valence electrons. The molecule has 5 heteroatoms. The van der Waals surface area contributed by atoms with Crippen molar-refractivity contribution in [3.8, 4) is 0 Å². The predicted molar refractivity (Wildman–Crippen MR) is 56.4 cm³/mol. The van der Waals surface area contributed by atoms with Gasteiger partial charge in [-0.1, -0.05) is 6.92 Å². The second-order valence-electron chi connectivity index (χ2n) is 3.42. The number of nitrogens with zero attached hydrogens (tertiary/aromatic N) is 4. The first kappa shape index (κ1) is 9.76. The third-order valence-electron chi connectivity index (χ3n) is 2.46. The Kier molecular flexibility index (Phi) is 2.45. The van der Waals surface area contributed by atoms with Crippen LogP contribution in [-0.2, 0) is 4.79 Å². The van der Waals surface area contributed by atoms with Crippen LogP contribution in [0.5, 0.6) is 0 Å². The van der Waals surface area contributed by atoms with Gasteiger partial charge in [-0.05, 0) is 13.3 Å². The van der Waals surface area contributed by atoms with Crippen molar-refractivity contribution in [2.45, 2.75) is 20.3 Å². The van der Waals surface area contributed by atoms with Gasteiger partial charge in [0.2, 0.25) is 0 Å². The molecule has 2 heterocycles. The van der Waals surface area contributed by atoms with E-state index in [1.54, 1.807) is 12.3 Å². The Morgan fingerprint density at radius 3 is 2.87 bits per heavy atom. The Hall–Kier alpha value is -1.78. The predicted octanol–water partition coefficient (Wildman–Crippen LogP) is 1.23. The van der Waals surface area contributed by atoms with Crippen molar-refractivity contribution >= 4 is 17.4 Å². The zero-order chi connectivity index (χ0) is 10.8. The lowest BCUT2D eigenvalue weighted by Gasteiger charge is -2.11. The molecule has 1 aliphatic heterocycles. The monoisotopic (exact) mass is 204 g/mol. The van der Waals surface area contributed by atoms with Gasteiger partial charge in [0.1, 0.15) is 6.33 Å². The smallest absolute Gasteiger partial charge is 0.257 e. The number of hydrogen-bond donors (Lipinski definition) is 0. The van der Waals surface area contributed by atoms with Crippen LogP contribution in [0.15, 0.2) is 23.7 Å². The number of amides is 1.